The minimum atomic E-state index is -1.62. The quantitative estimate of drug-likeness (QED) is 0.0195. The van der Waals surface area contributed by atoms with E-state index in [2.05, 4.69) is 98.9 Å². The maximum atomic E-state index is 13.0. The van der Waals surface area contributed by atoms with Crippen molar-refractivity contribution in [2.75, 3.05) is 47.5 Å². The Labute approximate surface area is 550 Å². The van der Waals surface area contributed by atoms with Gasteiger partial charge in [-0.05, 0) is 89.9 Å². The van der Waals surface area contributed by atoms with Crippen LogP contribution in [0.5, 0.6) is 0 Å². The average molecular weight is 1250 g/mol. The van der Waals surface area contributed by atoms with E-state index in [1.165, 1.54) is 244 Å². The molecular weight excluding hydrogens is 1100 g/mol. The molecule has 0 aromatic rings. The first-order valence-electron chi connectivity index (χ1n) is 37.7. The van der Waals surface area contributed by atoms with E-state index < -0.39 is 24.3 Å². The lowest BCUT2D eigenvalue weighted by molar-refractivity contribution is -0.870. The molecule has 0 fully saturated rings. The lowest BCUT2D eigenvalue weighted by Crippen LogP contribution is -2.44. The van der Waals surface area contributed by atoms with E-state index >= 15 is 0 Å². The van der Waals surface area contributed by atoms with E-state index in [1.54, 1.807) is 0 Å². The maximum Gasteiger partial charge on any atom is 0.306 e. The molecule has 0 amide bonds. The van der Waals surface area contributed by atoms with Crippen LogP contribution in [-0.2, 0) is 33.3 Å². The van der Waals surface area contributed by atoms with Crippen LogP contribution in [0.3, 0.4) is 0 Å². The number of hydrogen-bond donors (Lipinski definition) is 0. The predicted molar refractivity (Wildman–Crippen MR) is 380 cm³/mol. The van der Waals surface area contributed by atoms with Crippen LogP contribution < -0.4 is 5.11 Å². The smallest absolute Gasteiger partial charge is 0.306 e. The summed E-state index contributed by atoms with van der Waals surface area (Å²) < 4.78 is 22.8. The monoisotopic (exact) mass is 1250 g/mol. The molecular formula is C80H143NO8. The van der Waals surface area contributed by atoms with Crippen LogP contribution in [-0.4, -0.2) is 82.3 Å². The van der Waals surface area contributed by atoms with Gasteiger partial charge in [-0.3, -0.25) is 9.59 Å². The number of carboxylic acid groups (broad SMARTS) is 1. The number of carbonyl (C=O) groups excluding carboxylic acids is 3. The Morgan fingerprint density at radius 2 is 0.640 bits per heavy atom. The number of esters is 2. The number of ether oxygens (including phenoxy) is 4. The Balaban J connectivity index is 4.00. The molecule has 0 aromatic carbocycles. The highest BCUT2D eigenvalue weighted by atomic mass is 16.7. The number of aliphatic carboxylic acids is 1. The number of rotatable bonds is 70. The third-order valence-corrected chi connectivity index (χ3v) is 16.6. The van der Waals surface area contributed by atoms with Gasteiger partial charge in [0.1, 0.15) is 13.2 Å². The Morgan fingerprint density at radius 3 is 0.955 bits per heavy atom. The molecule has 9 nitrogen and oxygen atoms in total. The van der Waals surface area contributed by atoms with E-state index in [1.807, 2.05) is 21.1 Å². The van der Waals surface area contributed by atoms with Gasteiger partial charge >= 0.3 is 11.9 Å². The molecule has 9 heteroatoms. The molecule has 516 valence electrons. The van der Waals surface area contributed by atoms with E-state index in [9.17, 15) is 19.5 Å². The average Bonchev–Trinajstić information content (AvgIpc) is 3.64. The Kier molecular flexibility index (Phi) is 67.6. The molecule has 0 heterocycles. The van der Waals surface area contributed by atoms with Gasteiger partial charge in [-0.15, -0.1) is 0 Å². The second-order valence-electron chi connectivity index (χ2n) is 26.6. The highest BCUT2D eigenvalue weighted by Gasteiger charge is 2.22. The number of carbonyl (C=O) groups is 3. The molecule has 0 aliphatic heterocycles. The molecule has 0 spiro atoms. The number of allylic oxidation sites excluding steroid dienone is 14. The second-order valence-corrected chi connectivity index (χ2v) is 26.6. The zero-order chi connectivity index (χ0) is 64.7. The number of nitrogens with zero attached hydrogens (tertiary/aromatic N) is 1. The van der Waals surface area contributed by atoms with Gasteiger partial charge in [-0.2, -0.15) is 0 Å². The third-order valence-electron chi connectivity index (χ3n) is 16.6. The number of likely N-dealkylation sites (N-methyl/N-ethyl adjacent to an activating group) is 1. The van der Waals surface area contributed by atoms with Crippen LogP contribution in [0, 0.1) is 0 Å². The lowest BCUT2D eigenvalue weighted by atomic mass is 10.0. The Morgan fingerprint density at radius 1 is 0.348 bits per heavy atom. The fourth-order valence-electron chi connectivity index (χ4n) is 10.9. The summed E-state index contributed by atoms with van der Waals surface area (Å²) in [5.41, 5.74) is 0. The zero-order valence-corrected chi connectivity index (χ0v) is 59.0. The highest BCUT2D eigenvalue weighted by molar-refractivity contribution is 5.70. The van der Waals surface area contributed by atoms with E-state index in [4.69, 9.17) is 18.9 Å². The molecule has 0 aliphatic carbocycles. The summed E-state index contributed by atoms with van der Waals surface area (Å²) in [7, 11) is 5.94. The molecule has 0 saturated carbocycles. The summed E-state index contributed by atoms with van der Waals surface area (Å²) in [6, 6.07) is 0. The topological polar surface area (TPSA) is 111 Å². The summed E-state index contributed by atoms with van der Waals surface area (Å²) in [6.45, 7) is 4.67. The third kappa shape index (κ3) is 71.8. The fourth-order valence-corrected chi connectivity index (χ4v) is 10.9. The van der Waals surface area contributed by atoms with Crippen molar-refractivity contribution in [3.63, 3.8) is 0 Å². The van der Waals surface area contributed by atoms with Crippen molar-refractivity contribution < 1.29 is 42.9 Å². The molecule has 2 atom stereocenters. The number of carboxylic acids is 1. The first-order chi connectivity index (χ1) is 43.6. The molecule has 0 saturated heterocycles. The van der Waals surface area contributed by atoms with Gasteiger partial charge in [-0.25, -0.2) is 0 Å². The molecule has 89 heavy (non-hydrogen) atoms. The molecule has 0 aromatic heterocycles. The number of quaternary nitrogens is 1. The lowest BCUT2D eigenvalue weighted by Gasteiger charge is -2.26. The van der Waals surface area contributed by atoms with Gasteiger partial charge in [-0.1, -0.05) is 330 Å². The van der Waals surface area contributed by atoms with E-state index in [0.717, 1.165) is 70.6 Å². The van der Waals surface area contributed by atoms with Gasteiger partial charge in [0.25, 0.3) is 0 Å². The van der Waals surface area contributed by atoms with Gasteiger partial charge in [0.2, 0.25) is 0 Å². The SMILES string of the molecule is CC/C=C\C/C=C\C/C=C\C/C=C\C/C=C\CCCCCCCCCCCCCCCCCCCCCCCCCC(=O)OC(COC(=O)CCCCCCCCCCCCCCC/C=C\C/C=C\CCCCCCC)COC(OCC[N+](C)(C)C)C(=O)[O-]. The largest absolute Gasteiger partial charge is 0.545 e. The van der Waals surface area contributed by atoms with Crippen molar-refractivity contribution in [2.45, 2.75) is 360 Å². The normalized spacial score (nSPS) is 13.1. The standard InChI is InChI=1S/C80H143NO8/c1-6-8-10-12-14-16-18-20-22-24-26-28-30-32-33-34-35-36-37-38-39-40-41-42-43-44-45-47-49-51-53-55-57-59-61-63-65-67-69-71-78(83)89-76(75-88-80(79(84)85)86-73-72-81(3,4)5)74-87-77(82)70-68-66-64-62-60-58-56-54-52-50-48-46-31-29-27-25-23-21-19-17-15-13-11-9-7-2/h8,10,14,16,19-22,25-28,32-33,76,80H,6-7,9,11-13,15,17-18,23-24,29-31,34-75H2,1-5H3/b10-8-,16-14-,21-19-,22-20-,27-25-,28-26-,33-32-. The second kappa shape index (κ2) is 70.3. The van der Waals surface area contributed by atoms with Crippen LogP contribution in [0.1, 0.15) is 348 Å². The molecule has 0 bridgehead atoms. The van der Waals surface area contributed by atoms with Crippen LogP contribution in [0.15, 0.2) is 85.1 Å². The zero-order valence-electron chi connectivity index (χ0n) is 59.0. The molecule has 0 radical (unpaired) electrons. The summed E-state index contributed by atoms with van der Waals surface area (Å²) >= 11 is 0. The van der Waals surface area contributed by atoms with Crippen LogP contribution in [0.2, 0.25) is 0 Å². The van der Waals surface area contributed by atoms with Gasteiger partial charge in [0.05, 0.1) is 40.3 Å². The van der Waals surface area contributed by atoms with E-state index in [-0.39, 0.29) is 32.2 Å². The van der Waals surface area contributed by atoms with Crippen LogP contribution >= 0.6 is 0 Å². The van der Waals surface area contributed by atoms with Crippen molar-refractivity contribution in [3.8, 4) is 0 Å². The fraction of sp³-hybridized carbons (Fsp3) is 0.787. The molecule has 0 rings (SSSR count). The molecule has 2 unspecified atom stereocenters. The first-order valence-corrected chi connectivity index (χ1v) is 37.7. The minimum Gasteiger partial charge on any atom is -0.545 e. The van der Waals surface area contributed by atoms with Gasteiger partial charge in [0.15, 0.2) is 12.4 Å². The van der Waals surface area contributed by atoms with Crippen molar-refractivity contribution in [3.05, 3.63) is 85.1 Å². The van der Waals surface area contributed by atoms with Crippen molar-refractivity contribution in [1.82, 2.24) is 0 Å². The maximum absolute atomic E-state index is 13.0. The van der Waals surface area contributed by atoms with Gasteiger partial charge in [0, 0.05) is 12.8 Å². The van der Waals surface area contributed by atoms with Gasteiger partial charge < -0.3 is 33.3 Å². The Hall–Kier alpha value is -3.53. The first kappa shape index (κ1) is 85.5. The summed E-state index contributed by atoms with van der Waals surface area (Å²) in [5, 5.41) is 11.8. The van der Waals surface area contributed by atoms with Crippen LogP contribution in [0.4, 0.5) is 0 Å². The number of unbranched alkanes of at least 4 members (excludes halogenated alkanes) is 41. The predicted octanol–water partition coefficient (Wildman–Crippen LogP) is 22.5. The number of hydrogen-bond acceptors (Lipinski definition) is 8. The summed E-state index contributed by atoms with van der Waals surface area (Å²) in [6.07, 6.45) is 92.6. The summed E-state index contributed by atoms with van der Waals surface area (Å²) in [5.74, 6) is -2.26. The van der Waals surface area contributed by atoms with Crippen molar-refractivity contribution in [2.24, 2.45) is 0 Å². The minimum absolute atomic E-state index is 0.148. The Bertz CT molecular complexity index is 1740. The van der Waals surface area contributed by atoms with Crippen molar-refractivity contribution >= 4 is 17.9 Å². The van der Waals surface area contributed by atoms with Crippen LogP contribution in [0.25, 0.3) is 0 Å². The van der Waals surface area contributed by atoms with E-state index in [0.29, 0.717) is 23.9 Å². The highest BCUT2D eigenvalue weighted by Crippen LogP contribution is 2.19. The molecule has 0 aliphatic rings. The molecule has 0 N–H and O–H groups in total. The summed E-state index contributed by atoms with van der Waals surface area (Å²) in [4.78, 5) is 37.5. The van der Waals surface area contributed by atoms with Crippen molar-refractivity contribution in [1.29, 1.82) is 0 Å².